The molecule has 0 radical (unpaired) electrons. The van der Waals surface area contributed by atoms with E-state index in [1.165, 1.54) is 0 Å². The number of ether oxygens (including phenoxy) is 1. The van der Waals surface area contributed by atoms with Gasteiger partial charge in [-0.1, -0.05) is 44.0 Å². The Morgan fingerprint density at radius 2 is 1.47 bits per heavy atom. The summed E-state index contributed by atoms with van der Waals surface area (Å²) in [6.07, 6.45) is 0. The summed E-state index contributed by atoms with van der Waals surface area (Å²) in [5.74, 6) is 0.835. The molecule has 0 saturated carbocycles. The Labute approximate surface area is 126 Å². The third kappa shape index (κ3) is 3.83. The first kappa shape index (κ1) is 13.1. The van der Waals surface area contributed by atoms with Gasteiger partial charge in [-0.05, 0) is 51.8 Å². The van der Waals surface area contributed by atoms with Crippen molar-refractivity contribution in [2.24, 2.45) is 0 Å². The molecular formula is C13H9Br3O. The molecule has 2 rings (SSSR count). The first-order chi connectivity index (χ1) is 8.15. The minimum Gasteiger partial charge on any atom is -0.488 e. The summed E-state index contributed by atoms with van der Waals surface area (Å²) in [4.78, 5) is 0. The first-order valence-corrected chi connectivity index (χ1v) is 7.35. The quantitative estimate of drug-likeness (QED) is 0.632. The summed E-state index contributed by atoms with van der Waals surface area (Å²) in [5.41, 5.74) is 1.14. The molecule has 1 nitrogen and oxygen atoms in total. The van der Waals surface area contributed by atoms with Crippen LogP contribution in [0.15, 0.2) is 55.9 Å². The second kappa shape index (κ2) is 6.03. The highest BCUT2D eigenvalue weighted by atomic mass is 79.9. The maximum atomic E-state index is 5.75. The van der Waals surface area contributed by atoms with Crippen molar-refractivity contribution in [1.82, 2.24) is 0 Å². The Hall–Kier alpha value is -0.320. The Morgan fingerprint density at radius 1 is 0.824 bits per heavy atom. The zero-order valence-electron chi connectivity index (χ0n) is 8.79. The van der Waals surface area contributed by atoms with Crippen molar-refractivity contribution >= 4 is 47.8 Å². The molecule has 4 heteroatoms. The second-order valence-corrected chi connectivity index (χ2v) is 6.18. The predicted molar refractivity (Wildman–Crippen MR) is 80.3 cm³/mol. The summed E-state index contributed by atoms with van der Waals surface area (Å²) in [7, 11) is 0. The normalized spacial score (nSPS) is 10.3. The van der Waals surface area contributed by atoms with Crippen LogP contribution in [0.2, 0.25) is 0 Å². The Bertz CT molecular complexity index is 509. The molecule has 0 unspecified atom stereocenters. The maximum Gasteiger partial charge on any atom is 0.135 e. The van der Waals surface area contributed by atoms with Crippen molar-refractivity contribution < 1.29 is 4.74 Å². The van der Waals surface area contributed by atoms with Gasteiger partial charge in [-0.25, -0.2) is 0 Å². The van der Waals surface area contributed by atoms with Crippen molar-refractivity contribution in [1.29, 1.82) is 0 Å². The molecule has 88 valence electrons. The summed E-state index contributed by atoms with van der Waals surface area (Å²) in [6, 6.07) is 14.0. The van der Waals surface area contributed by atoms with E-state index in [0.717, 1.165) is 24.7 Å². The van der Waals surface area contributed by atoms with Crippen molar-refractivity contribution in [2.75, 3.05) is 0 Å². The summed E-state index contributed by atoms with van der Waals surface area (Å²) in [6.45, 7) is 0.558. The lowest BCUT2D eigenvalue weighted by atomic mass is 10.2. The number of benzene rings is 2. The number of halogens is 3. The molecule has 0 saturated heterocycles. The van der Waals surface area contributed by atoms with Gasteiger partial charge >= 0.3 is 0 Å². The van der Waals surface area contributed by atoms with Crippen LogP contribution in [0.1, 0.15) is 5.56 Å². The molecule has 0 fully saturated rings. The van der Waals surface area contributed by atoms with Gasteiger partial charge in [-0.3, -0.25) is 0 Å². The van der Waals surface area contributed by atoms with Gasteiger partial charge in [0, 0.05) is 8.95 Å². The minimum atomic E-state index is 0.558. The third-order valence-corrected chi connectivity index (χ3v) is 3.88. The van der Waals surface area contributed by atoms with Gasteiger partial charge in [0.2, 0.25) is 0 Å². The summed E-state index contributed by atoms with van der Waals surface area (Å²) < 4.78 is 8.79. The van der Waals surface area contributed by atoms with Crippen LogP contribution in [0.25, 0.3) is 0 Å². The lowest BCUT2D eigenvalue weighted by molar-refractivity contribution is 0.304. The van der Waals surface area contributed by atoms with E-state index in [-0.39, 0.29) is 0 Å². The van der Waals surface area contributed by atoms with Crippen molar-refractivity contribution in [3.63, 3.8) is 0 Å². The molecule has 0 bridgehead atoms. The number of hydrogen-bond acceptors (Lipinski definition) is 1. The SMILES string of the molecule is Brc1ccc(COc2cc(Br)ccc2Br)cc1. The van der Waals surface area contributed by atoms with Gasteiger partial charge in [0.25, 0.3) is 0 Å². The fourth-order valence-electron chi connectivity index (χ4n) is 1.33. The molecule has 0 atom stereocenters. The molecule has 0 aromatic heterocycles. The van der Waals surface area contributed by atoms with Crippen LogP contribution in [0.4, 0.5) is 0 Å². The maximum absolute atomic E-state index is 5.75. The fourth-order valence-corrected chi connectivity index (χ4v) is 2.30. The van der Waals surface area contributed by atoms with Crippen LogP contribution in [0.5, 0.6) is 5.75 Å². The van der Waals surface area contributed by atoms with E-state index >= 15 is 0 Å². The first-order valence-electron chi connectivity index (χ1n) is 4.97. The molecule has 0 N–H and O–H groups in total. The lowest BCUT2D eigenvalue weighted by Crippen LogP contribution is -1.95. The van der Waals surface area contributed by atoms with Gasteiger partial charge in [0.05, 0.1) is 4.47 Å². The predicted octanol–water partition coefficient (Wildman–Crippen LogP) is 5.55. The molecular weight excluding hydrogens is 412 g/mol. The number of hydrogen-bond donors (Lipinski definition) is 0. The molecule has 0 amide bonds. The fraction of sp³-hybridized carbons (Fsp3) is 0.0769. The second-order valence-electron chi connectivity index (χ2n) is 3.49. The highest BCUT2D eigenvalue weighted by molar-refractivity contribution is 9.11. The topological polar surface area (TPSA) is 9.23 Å². The van der Waals surface area contributed by atoms with E-state index in [0.29, 0.717) is 6.61 Å². The van der Waals surface area contributed by atoms with E-state index in [1.807, 2.05) is 42.5 Å². The van der Waals surface area contributed by atoms with Crippen LogP contribution >= 0.6 is 47.8 Å². The molecule has 0 aliphatic rings. The third-order valence-electron chi connectivity index (χ3n) is 2.20. The van der Waals surface area contributed by atoms with Gasteiger partial charge in [-0.15, -0.1) is 0 Å². The smallest absolute Gasteiger partial charge is 0.135 e. The molecule has 17 heavy (non-hydrogen) atoms. The standard InChI is InChI=1S/C13H9Br3O/c14-10-3-1-9(2-4-10)8-17-13-7-11(15)5-6-12(13)16/h1-7H,8H2. The Balaban J connectivity index is 2.07. The summed E-state index contributed by atoms with van der Waals surface area (Å²) >= 11 is 10.3. The van der Waals surface area contributed by atoms with Crippen LogP contribution < -0.4 is 4.74 Å². The number of rotatable bonds is 3. The van der Waals surface area contributed by atoms with Gasteiger partial charge in [0.15, 0.2) is 0 Å². The van der Waals surface area contributed by atoms with E-state index < -0.39 is 0 Å². The minimum absolute atomic E-state index is 0.558. The van der Waals surface area contributed by atoms with Gasteiger partial charge in [-0.2, -0.15) is 0 Å². The van der Waals surface area contributed by atoms with Crippen molar-refractivity contribution in [3.8, 4) is 5.75 Å². The molecule has 0 aliphatic carbocycles. The lowest BCUT2D eigenvalue weighted by Gasteiger charge is -2.08. The van der Waals surface area contributed by atoms with E-state index in [4.69, 9.17) is 4.74 Å². The highest BCUT2D eigenvalue weighted by Gasteiger charge is 2.02. The van der Waals surface area contributed by atoms with Crippen LogP contribution in [-0.2, 0) is 6.61 Å². The summed E-state index contributed by atoms with van der Waals surface area (Å²) in [5, 5.41) is 0. The molecule has 0 aliphatic heterocycles. The van der Waals surface area contributed by atoms with E-state index in [1.54, 1.807) is 0 Å². The zero-order valence-corrected chi connectivity index (χ0v) is 13.5. The highest BCUT2D eigenvalue weighted by Crippen LogP contribution is 2.29. The van der Waals surface area contributed by atoms with Gasteiger partial charge < -0.3 is 4.74 Å². The van der Waals surface area contributed by atoms with Crippen LogP contribution in [0, 0.1) is 0 Å². The van der Waals surface area contributed by atoms with Crippen molar-refractivity contribution in [2.45, 2.75) is 6.61 Å². The molecule has 2 aromatic carbocycles. The zero-order chi connectivity index (χ0) is 12.3. The van der Waals surface area contributed by atoms with Crippen LogP contribution in [-0.4, -0.2) is 0 Å². The largest absolute Gasteiger partial charge is 0.488 e. The monoisotopic (exact) mass is 418 g/mol. The molecule has 2 aromatic rings. The van der Waals surface area contributed by atoms with E-state index in [9.17, 15) is 0 Å². The average molecular weight is 421 g/mol. The average Bonchev–Trinajstić information content (AvgIpc) is 2.32. The molecule has 0 spiro atoms. The van der Waals surface area contributed by atoms with Gasteiger partial charge in [0.1, 0.15) is 12.4 Å². The van der Waals surface area contributed by atoms with E-state index in [2.05, 4.69) is 47.8 Å². The van der Waals surface area contributed by atoms with Crippen LogP contribution in [0.3, 0.4) is 0 Å². The Kier molecular flexibility index (Phi) is 4.65. The Morgan fingerprint density at radius 3 is 2.18 bits per heavy atom. The van der Waals surface area contributed by atoms with Crippen molar-refractivity contribution in [3.05, 3.63) is 61.4 Å². The molecule has 0 heterocycles.